The summed E-state index contributed by atoms with van der Waals surface area (Å²) in [6.45, 7) is 18.8. The predicted octanol–water partition coefficient (Wildman–Crippen LogP) is 4.31. The van der Waals surface area contributed by atoms with Crippen molar-refractivity contribution >= 4 is 21.1 Å². The maximum absolute atomic E-state index is 7.50. The van der Waals surface area contributed by atoms with E-state index in [9.17, 15) is 0 Å². The minimum absolute atomic E-state index is 0. The summed E-state index contributed by atoms with van der Waals surface area (Å²) in [5.74, 6) is 0. The normalized spacial score (nSPS) is 12.2. The number of hydrogen-bond acceptors (Lipinski definition) is 0. The van der Waals surface area contributed by atoms with Gasteiger partial charge in [-0.25, -0.2) is 0 Å². The van der Waals surface area contributed by atoms with E-state index < -0.39 is 7.59 Å². The Balaban J connectivity index is -0.000000303. The zero-order valence-electron chi connectivity index (χ0n) is 14.1. The molecule has 1 aliphatic carbocycles. The molecule has 22 heavy (non-hydrogen) atoms. The molecule has 0 unspecified atom stereocenters. The SMILES string of the molecule is C1CCCC1.C[Si](C)[Si](C)(C)c1ccccc1.[C-]#[O+].[C-]#[O+].[Fe]. The Bertz CT molecular complexity index is 372. The number of benzene rings is 1. The van der Waals surface area contributed by atoms with Crippen LogP contribution in [0.3, 0.4) is 0 Å². The summed E-state index contributed by atoms with van der Waals surface area (Å²) in [5, 5.41) is 1.61. The first-order valence-corrected chi connectivity index (χ1v) is 13.8. The Labute approximate surface area is 149 Å². The molecule has 0 N–H and O–H groups in total. The van der Waals surface area contributed by atoms with Gasteiger partial charge in [-0.15, -0.1) is 0 Å². The minimum atomic E-state index is -1.05. The molecule has 1 aliphatic rings. The van der Waals surface area contributed by atoms with E-state index in [-0.39, 0.29) is 25.4 Å². The van der Waals surface area contributed by atoms with Crippen molar-refractivity contribution in [3.8, 4) is 0 Å². The van der Waals surface area contributed by atoms with Crippen LogP contribution in [0.1, 0.15) is 32.1 Å². The molecule has 1 radical (unpaired) electrons. The van der Waals surface area contributed by atoms with E-state index in [1.165, 1.54) is 32.1 Å². The Morgan fingerprint density at radius 1 is 0.818 bits per heavy atom. The minimum Gasteiger partial charge on any atom is 0 e. The molecule has 0 saturated heterocycles. The molecule has 2 rings (SSSR count). The van der Waals surface area contributed by atoms with E-state index in [4.69, 9.17) is 9.30 Å². The van der Waals surface area contributed by atoms with Crippen molar-refractivity contribution in [1.29, 1.82) is 0 Å². The quantitative estimate of drug-likeness (QED) is 0.420. The van der Waals surface area contributed by atoms with Gasteiger partial charge in [0.1, 0.15) is 0 Å². The van der Waals surface area contributed by atoms with Gasteiger partial charge in [0.15, 0.2) is 0 Å². The molecule has 0 atom stereocenters. The van der Waals surface area contributed by atoms with Gasteiger partial charge in [0.05, 0.1) is 7.59 Å². The van der Waals surface area contributed by atoms with E-state index in [1.807, 2.05) is 0 Å². The third-order valence-corrected chi connectivity index (χ3v) is 16.6. The summed E-state index contributed by atoms with van der Waals surface area (Å²) in [6.07, 6.45) is 7.50. The van der Waals surface area contributed by atoms with Crippen LogP contribution >= 0.6 is 0 Å². The average molecular weight is 375 g/mol. The van der Waals surface area contributed by atoms with Gasteiger partial charge in [0.2, 0.25) is 0 Å². The largest absolute Gasteiger partial charge is 0 e. The maximum Gasteiger partial charge on any atom is 0 e. The van der Waals surface area contributed by atoms with Crippen LogP contribution in [-0.2, 0) is 26.4 Å². The third-order valence-electron chi connectivity index (χ3n) is 4.00. The van der Waals surface area contributed by atoms with E-state index in [0.29, 0.717) is 0 Å². The first kappa shape index (κ1) is 26.5. The molecule has 1 saturated carbocycles. The summed E-state index contributed by atoms with van der Waals surface area (Å²) in [7, 11) is -1.18. The fourth-order valence-electron chi connectivity index (χ4n) is 2.03. The van der Waals surface area contributed by atoms with Gasteiger partial charge in [0.25, 0.3) is 0 Å². The summed E-state index contributed by atoms with van der Waals surface area (Å²) >= 11 is 0. The molecule has 123 valence electrons. The van der Waals surface area contributed by atoms with Crippen LogP contribution in [-0.4, -0.2) is 15.9 Å². The number of rotatable bonds is 2. The smallest absolute Gasteiger partial charge is 0 e. The van der Waals surface area contributed by atoms with Crippen LogP contribution in [0, 0.1) is 13.3 Å². The number of hydrogen-bond donors (Lipinski definition) is 0. The van der Waals surface area contributed by atoms with Crippen molar-refractivity contribution in [2.24, 2.45) is 0 Å². The van der Waals surface area contributed by atoms with Crippen molar-refractivity contribution in [2.45, 2.75) is 58.3 Å². The molecule has 1 aromatic rings. The molecule has 0 spiro atoms. The second-order valence-corrected chi connectivity index (χ2v) is 18.3. The zero-order valence-corrected chi connectivity index (χ0v) is 17.2. The van der Waals surface area contributed by atoms with Crippen LogP contribution in [0.15, 0.2) is 30.3 Å². The molecule has 1 fully saturated rings. The molecule has 0 aromatic heterocycles. The summed E-state index contributed by atoms with van der Waals surface area (Å²) in [5.41, 5.74) is 0. The van der Waals surface area contributed by atoms with Crippen molar-refractivity contribution in [2.75, 3.05) is 0 Å². The van der Waals surface area contributed by atoms with E-state index in [0.717, 1.165) is 0 Å². The Morgan fingerprint density at radius 3 is 1.41 bits per heavy atom. The van der Waals surface area contributed by atoms with Crippen molar-refractivity contribution < 1.29 is 26.4 Å². The molecule has 0 heterocycles. The van der Waals surface area contributed by atoms with Gasteiger partial charge < -0.3 is 0 Å². The van der Waals surface area contributed by atoms with Gasteiger partial charge in [0, 0.05) is 25.4 Å². The first-order chi connectivity index (χ1) is 10.0. The molecule has 0 amide bonds. The molecular formula is C17H27FeO2Si2. The molecular weight excluding hydrogens is 348 g/mol. The van der Waals surface area contributed by atoms with Gasteiger partial charge in [-0.05, 0) is 0 Å². The molecule has 2 nitrogen and oxygen atoms in total. The summed E-state index contributed by atoms with van der Waals surface area (Å²) in [4.78, 5) is 0. The molecule has 0 bridgehead atoms. The van der Waals surface area contributed by atoms with Crippen molar-refractivity contribution in [1.82, 2.24) is 0 Å². The monoisotopic (exact) mass is 375 g/mol. The van der Waals surface area contributed by atoms with Crippen LogP contribution in [0.25, 0.3) is 0 Å². The van der Waals surface area contributed by atoms with E-state index in [1.54, 1.807) is 5.19 Å². The second kappa shape index (κ2) is 17.0. The van der Waals surface area contributed by atoms with Crippen molar-refractivity contribution in [3.63, 3.8) is 0 Å². The Morgan fingerprint density at radius 2 is 1.14 bits per heavy atom. The van der Waals surface area contributed by atoms with Crippen LogP contribution in [0.4, 0.5) is 0 Å². The van der Waals surface area contributed by atoms with Gasteiger partial charge in [-0.3, -0.25) is 0 Å². The van der Waals surface area contributed by atoms with Crippen molar-refractivity contribution in [3.05, 3.63) is 43.6 Å². The molecule has 0 aliphatic heterocycles. The van der Waals surface area contributed by atoms with Gasteiger partial charge in [-0.1, -0.05) is 93.8 Å². The second-order valence-electron chi connectivity index (χ2n) is 5.76. The summed E-state index contributed by atoms with van der Waals surface area (Å²) < 4.78 is 15.0. The van der Waals surface area contributed by atoms with Crippen LogP contribution in [0.2, 0.25) is 26.2 Å². The van der Waals surface area contributed by atoms with E-state index >= 15 is 0 Å². The fraction of sp³-hybridized carbons (Fsp3) is 0.529. The Kier molecular flexibility index (Phi) is 20.5. The molecule has 5 heteroatoms. The van der Waals surface area contributed by atoms with Crippen LogP contribution < -0.4 is 5.19 Å². The topological polar surface area (TPSA) is 39.8 Å². The van der Waals surface area contributed by atoms with E-state index in [2.05, 4.69) is 69.8 Å². The van der Waals surface area contributed by atoms with Gasteiger partial charge >= 0.3 is 22.6 Å². The molecule has 1 aromatic carbocycles. The Hall–Kier alpha value is -0.347. The van der Waals surface area contributed by atoms with Crippen LogP contribution in [0.5, 0.6) is 0 Å². The standard InChI is InChI=1S/C10H17Si2.C5H10.2CO.Fe/c1-11(2)12(3,4)10-8-6-5-7-9-10;1-2-4-5-3-1;2*1-2;/h5-9H,1-4H3;1-5H2;;;. The predicted molar refractivity (Wildman–Crippen MR) is 92.0 cm³/mol. The van der Waals surface area contributed by atoms with Gasteiger partial charge in [-0.2, -0.15) is 0 Å². The third kappa shape index (κ3) is 11.3. The maximum atomic E-state index is 7.50. The average Bonchev–Trinajstić information content (AvgIpc) is 3.11. The zero-order chi connectivity index (χ0) is 16.7. The fourth-order valence-corrected chi connectivity index (χ4v) is 5.86. The summed E-state index contributed by atoms with van der Waals surface area (Å²) in [6, 6.07) is 11.0. The first-order valence-electron chi connectivity index (χ1n) is 7.32.